The van der Waals surface area contributed by atoms with Crippen molar-refractivity contribution in [3.63, 3.8) is 0 Å². The minimum absolute atomic E-state index is 0.0978. The van der Waals surface area contributed by atoms with Crippen LogP contribution in [0.5, 0.6) is 5.75 Å². The van der Waals surface area contributed by atoms with Crippen LogP contribution >= 0.6 is 15.9 Å². The van der Waals surface area contributed by atoms with E-state index in [0.29, 0.717) is 21.5 Å². The number of hydrogen-bond acceptors (Lipinski definition) is 5. The lowest BCUT2D eigenvalue weighted by atomic mass is 9.95. The normalized spacial score (nSPS) is 20.1. The highest BCUT2D eigenvalue weighted by molar-refractivity contribution is 9.10. The summed E-state index contributed by atoms with van der Waals surface area (Å²) in [4.78, 5) is 15.2. The Kier molecular flexibility index (Phi) is 6.78. The summed E-state index contributed by atoms with van der Waals surface area (Å²) < 4.78 is 6.03. The molecule has 0 aliphatic carbocycles. The number of anilines is 1. The SMILES string of the molecule is COc1cc(N)c(Br)cc1C(=O)NC1CCN(CC2CCNCC2)CC1. The van der Waals surface area contributed by atoms with Gasteiger partial charge in [0.2, 0.25) is 0 Å². The molecule has 1 aromatic carbocycles. The van der Waals surface area contributed by atoms with Crippen molar-refractivity contribution in [2.75, 3.05) is 45.6 Å². The summed E-state index contributed by atoms with van der Waals surface area (Å²) in [7, 11) is 1.55. The van der Waals surface area contributed by atoms with Crippen LogP contribution in [0.2, 0.25) is 0 Å². The number of nitrogens with one attached hydrogen (secondary N) is 2. The van der Waals surface area contributed by atoms with E-state index in [1.54, 1.807) is 19.2 Å². The molecule has 0 bridgehead atoms. The predicted molar refractivity (Wildman–Crippen MR) is 108 cm³/mol. The van der Waals surface area contributed by atoms with Crippen molar-refractivity contribution in [1.29, 1.82) is 0 Å². The summed E-state index contributed by atoms with van der Waals surface area (Å²) in [5.74, 6) is 1.23. The van der Waals surface area contributed by atoms with Crippen molar-refractivity contribution in [2.45, 2.75) is 31.7 Å². The Morgan fingerprint density at radius 1 is 1.31 bits per heavy atom. The zero-order chi connectivity index (χ0) is 18.5. The van der Waals surface area contributed by atoms with Crippen LogP contribution in [0.15, 0.2) is 16.6 Å². The van der Waals surface area contributed by atoms with Crippen LogP contribution in [0.4, 0.5) is 5.69 Å². The van der Waals surface area contributed by atoms with Crippen LogP contribution in [-0.4, -0.2) is 56.7 Å². The van der Waals surface area contributed by atoms with Gasteiger partial charge in [-0.15, -0.1) is 0 Å². The molecule has 0 atom stereocenters. The Hall–Kier alpha value is -1.31. The molecule has 6 nitrogen and oxygen atoms in total. The van der Waals surface area contributed by atoms with Gasteiger partial charge in [-0.25, -0.2) is 0 Å². The quantitative estimate of drug-likeness (QED) is 0.631. The van der Waals surface area contributed by atoms with Crippen molar-refractivity contribution in [1.82, 2.24) is 15.5 Å². The lowest BCUT2D eigenvalue weighted by Gasteiger charge is -2.35. The van der Waals surface area contributed by atoms with E-state index in [2.05, 4.69) is 31.5 Å². The Morgan fingerprint density at radius 3 is 2.65 bits per heavy atom. The van der Waals surface area contributed by atoms with Gasteiger partial charge < -0.3 is 26.0 Å². The number of carbonyl (C=O) groups is 1. The van der Waals surface area contributed by atoms with Crippen molar-refractivity contribution in [3.05, 3.63) is 22.2 Å². The van der Waals surface area contributed by atoms with Crippen LogP contribution in [0.1, 0.15) is 36.0 Å². The van der Waals surface area contributed by atoms with Crippen molar-refractivity contribution in [3.8, 4) is 5.75 Å². The fraction of sp³-hybridized carbons (Fsp3) is 0.632. The van der Waals surface area contributed by atoms with E-state index in [4.69, 9.17) is 10.5 Å². The molecule has 1 amide bonds. The molecule has 2 fully saturated rings. The van der Waals surface area contributed by atoms with Gasteiger partial charge in [0, 0.05) is 41.9 Å². The van der Waals surface area contributed by atoms with Crippen LogP contribution in [0.25, 0.3) is 0 Å². The van der Waals surface area contributed by atoms with E-state index in [-0.39, 0.29) is 11.9 Å². The maximum Gasteiger partial charge on any atom is 0.255 e. The molecule has 3 rings (SSSR count). The molecule has 26 heavy (non-hydrogen) atoms. The number of nitrogen functional groups attached to an aromatic ring is 1. The Balaban J connectivity index is 1.51. The molecule has 0 radical (unpaired) electrons. The molecule has 2 saturated heterocycles. The second kappa shape index (κ2) is 9.06. The molecule has 144 valence electrons. The van der Waals surface area contributed by atoms with Gasteiger partial charge in [0.15, 0.2) is 0 Å². The van der Waals surface area contributed by atoms with Gasteiger partial charge in [-0.05, 0) is 66.7 Å². The second-order valence-corrected chi connectivity index (χ2v) is 8.17. The van der Waals surface area contributed by atoms with Gasteiger partial charge in [-0.3, -0.25) is 4.79 Å². The number of halogens is 1. The Morgan fingerprint density at radius 2 is 2.00 bits per heavy atom. The number of ether oxygens (including phenoxy) is 1. The molecular formula is C19H29BrN4O2. The monoisotopic (exact) mass is 424 g/mol. The number of amides is 1. The van der Waals surface area contributed by atoms with E-state index in [1.165, 1.54) is 19.4 Å². The number of methoxy groups -OCH3 is 1. The van der Waals surface area contributed by atoms with Crippen LogP contribution in [0, 0.1) is 5.92 Å². The van der Waals surface area contributed by atoms with Gasteiger partial charge in [-0.1, -0.05) is 0 Å². The zero-order valence-corrected chi connectivity index (χ0v) is 17.0. The van der Waals surface area contributed by atoms with Crippen LogP contribution in [-0.2, 0) is 0 Å². The standard InChI is InChI=1S/C19H29BrN4O2/c1-26-18-11-17(21)16(20)10-15(18)19(25)23-14-4-8-24(9-5-14)12-13-2-6-22-7-3-13/h10-11,13-14,22H,2-9,12,21H2,1H3,(H,23,25). The number of nitrogens with two attached hydrogens (primary N) is 1. The van der Waals surface area contributed by atoms with Gasteiger partial charge in [0.1, 0.15) is 5.75 Å². The smallest absolute Gasteiger partial charge is 0.255 e. The first kappa shape index (κ1) is 19.5. The summed E-state index contributed by atoms with van der Waals surface area (Å²) in [5.41, 5.74) is 6.95. The van der Waals surface area contributed by atoms with Crippen molar-refractivity contribution < 1.29 is 9.53 Å². The van der Waals surface area contributed by atoms with E-state index >= 15 is 0 Å². The number of rotatable bonds is 5. The number of benzene rings is 1. The molecule has 0 aromatic heterocycles. The molecular weight excluding hydrogens is 396 g/mol. The summed E-state index contributed by atoms with van der Waals surface area (Å²) in [6.45, 7) is 5.60. The summed E-state index contributed by atoms with van der Waals surface area (Å²) in [6, 6.07) is 3.63. The molecule has 0 spiro atoms. The van der Waals surface area contributed by atoms with Crippen LogP contribution in [0.3, 0.4) is 0 Å². The van der Waals surface area contributed by atoms with E-state index in [9.17, 15) is 4.79 Å². The van der Waals surface area contributed by atoms with E-state index < -0.39 is 0 Å². The third kappa shape index (κ3) is 4.90. The van der Waals surface area contributed by atoms with Gasteiger partial charge in [0.05, 0.1) is 12.7 Å². The van der Waals surface area contributed by atoms with E-state index in [1.807, 2.05) is 0 Å². The van der Waals surface area contributed by atoms with Crippen molar-refractivity contribution in [2.24, 2.45) is 5.92 Å². The third-order valence-corrected chi connectivity index (χ3v) is 6.15. The lowest BCUT2D eigenvalue weighted by molar-refractivity contribution is 0.0899. The minimum atomic E-state index is -0.0978. The highest BCUT2D eigenvalue weighted by Gasteiger charge is 2.25. The first-order valence-corrected chi connectivity index (χ1v) is 10.2. The first-order valence-electron chi connectivity index (χ1n) is 9.43. The number of hydrogen-bond donors (Lipinski definition) is 3. The first-order chi connectivity index (χ1) is 12.6. The van der Waals surface area contributed by atoms with Gasteiger partial charge in [-0.2, -0.15) is 0 Å². The fourth-order valence-electron chi connectivity index (χ4n) is 3.87. The molecule has 0 saturated carbocycles. The van der Waals surface area contributed by atoms with Gasteiger partial charge in [0.25, 0.3) is 5.91 Å². The number of nitrogens with zero attached hydrogens (tertiary/aromatic N) is 1. The minimum Gasteiger partial charge on any atom is -0.496 e. The Labute approximate surface area is 164 Å². The van der Waals surface area contributed by atoms with Crippen molar-refractivity contribution >= 4 is 27.5 Å². The molecule has 7 heteroatoms. The van der Waals surface area contributed by atoms with E-state index in [0.717, 1.165) is 44.9 Å². The maximum atomic E-state index is 12.7. The predicted octanol–water partition coefficient (Wildman–Crippen LogP) is 2.23. The number of piperidine rings is 2. The third-order valence-electron chi connectivity index (χ3n) is 5.46. The highest BCUT2D eigenvalue weighted by Crippen LogP contribution is 2.29. The largest absolute Gasteiger partial charge is 0.496 e. The zero-order valence-electron chi connectivity index (χ0n) is 15.4. The molecule has 4 N–H and O–H groups in total. The summed E-state index contributed by atoms with van der Waals surface area (Å²) in [6.07, 6.45) is 4.55. The summed E-state index contributed by atoms with van der Waals surface area (Å²) in [5, 5.41) is 6.59. The fourth-order valence-corrected chi connectivity index (χ4v) is 4.21. The van der Waals surface area contributed by atoms with Gasteiger partial charge >= 0.3 is 0 Å². The topological polar surface area (TPSA) is 79.6 Å². The molecule has 2 aliphatic rings. The second-order valence-electron chi connectivity index (χ2n) is 7.32. The maximum absolute atomic E-state index is 12.7. The lowest BCUT2D eigenvalue weighted by Crippen LogP contribution is -2.46. The molecule has 1 aromatic rings. The average Bonchev–Trinajstić information content (AvgIpc) is 2.66. The molecule has 2 aliphatic heterocycles. The Bertz CT molecular complexity index is 626. The summed E-state index contributed by atoms with van der Waals surface area (Å²) >= 11 is 3.39. The molecule has 0 unspecified atom stereocenters. The number of carbonyl (C=O) groups excluding carboxylic acids is 1. The average molecular weight is 425 g/mol. The highest BCUT2D eigenvalue weighted by atomic mass is 79.9. The number of likely N-dealkylation sites (tertiary alicyclic amines) is 1. The molecule has 2 heterocycles. The van der Waals surface area contributed by atoms with Crippen LogP contribution < -0.4 is 21.1 Å².